The van der Waals surface area contributed by atoms with E-state index in [0.29, 0.717) is 4.99 Å². The molecule has 0 bridgehead atoms. The maximum Gasteiger partial charge on any atom is 0.193 e. The molecular formula is C5H3IN4S. The van der Waals surface area contributed by atoms with Crippen LogP contribution in [0.15, 0.2) is 24.5 Å². The van der Waals surface area contributed by atoms with Crippen LogP contribution in [0, 0.1) is 0 Å². The first-order chi connectivity index (χ1) is 5.29. The molecule has 1 atom stereocenters. The van der Waals surface area contributed by atoms with Crippen molar-refractivity contribution in [3.05, 3.63) is 9.28 Å². The standard InChI is InChI=1S/C5H3IN4S/c6-3-2-4(10-9-3)7-1-8-5(2)11/h1,4H,(H,7,8,11). The molecule has 0 fully saturated rings. The molecule has 0 amide bonds. The molecule has 0 aromatic rings. The molecule has 56 valence electrons. The molecule has 0 aromatic carbocycles. The van der Waals surface area contributed by atoms with E-state index in [4.69, 9.17) is 12.2 Å². The molecule has 1 unspecified atom stereocenters. The van der Waals surface area contributed by atoms with Crippen LogP contribution >= 0.6 is 34.8 Å². The summed E-state index contributed by atoms with van der Waals surface area (Å²) in [4.78, 5) is 4.73. The molecule has 0 aliphatic carbocycles. The summed E-state index contributed by atoms with van der Waals surface area (Å²) in [6.07, 6.45) is 1.38. The predicted molar refractivity (Wildman–Crippen MR) is 53.9 cm³/mol. The molecule has 0 radical (unpaired) electrons. The first kappa shape index (κ1) is 7.29. The van der Waals surface area contributed by atoms with Gasteiger partial charge in [0.1, 0.15) is 8.69 Å². The fraction of sp³-hybridized carbons (Fsp3) is 0.200. The van der Waals surface area contributed by atoms with Crippen LogP contribution in [0.25, 0.3) is 0 Å². The van der Waals surface area contributed by atoms with Crippen LogP contribution in [0.2, 0.25) is 0 Å². The zero-order valence-corrected chi connectivity index (χ0v) is 8.26. The smallest absolute Gasteiger partial charge is 0.193 e. The summed E-state index contributed by atoms with van der Waals surface area (Å²) in [5.74, 6) is 0. The zero-order chi connectivity index (χ0) is 7.84. The lowest BCUT2D eigenvalue weighted by atomic mass is 10.2. The first-order valence-corrected chi connectivity index (χ1v) is 4.41. The highest BCUT2D eigenvalue weighted by Crippen LogP contribution is 2.29. The van der Waals surface area contributed by atoms with Crippen molar-refractivity contribution in [1.82, 2.24) is 5.32 Å². The summed E-state index contributed by atoms with van der Waals surface area (Å²) in [6.45, 7) is 0. The Morgan fingerprint density at radius 2 is 2.45 bits per heavy atom. The normalized spacial score (nSPS) is 27.4. The van der Waals surface area contributed by atoms with Crippen molar-refractivity contribution in [2.45, 2.75) is 6.17 Å². The quantitative estimate of drug-likeness (QED) is 0.413. The molecule has 2 aliphatic rings. The summed E-state index contributed by atoms with van der Waals surface area (Å²) in [6, 6.07) is 0. The lowest BCUT2D eigenvalue weighted by Gasteiger charge is -2.12. The van der Waals surface area contributed by atoms with Gasteiger partial charge >= 0.3 is 0 Å². The van der Waals surface area contributed by atoms with E-state index in [1.807, 2.05) is 0 Å². The van der Waals surface area contributed by atoms with Crippen molar-refractivity contribution in [1.29, 1.82) is 0 Å². The van der Waals surface area contributed by atoms with E-state index in [-0.39, 0.29) is 6.17 Å². The number of halogens is 1. The van der Waals surface area contributed by atoms with E-state index in [9.17, 15) is 0 Å². The number of fused-ring (bicyclic) bond motifs is 1. The maximum atomic E-state index is 5.04. The van der Waals surface area contributed by atoms with Crippen molar-refractivity contribution in [2.75, 3.05) is 0 Å². The lowest BCUT2D eigenvalue weighted by molar-refractivity contribution is 0.823. The van der Waals surface area contributed by atoms with Crippen molar-refractivity contribution < 1.29 is 0 Å². The van der Waals surface area contributed by atoms with Crippen molar-refractivity contribution in [3.63, 3.8) is 0 Å². The summed E-state index contributed by atoms with van der Waals surface area (Å²) >= 11 is 7.13. The third kappa shape index (κ3) is 1.09. The Kier molecular flexibility index (Phi) is 1.72. The van der Waals surface area contributed by atoms with E-state index in [2.05, 4.69) is 43.1 Å². The Morgan fingerprint density at radius 3 is 3.18 bits per heavy atom. The molecule has 0 spiro atoms. The number of hydrogen-bond acceptors (Lipinski definition) is 4. The Morgan fingerprint density at radius 1 is 1.64 bits per heavy atom. The Labute approximate surface area is 82.0 Å². The number of nitrogens with zero attached hydrogens (tertiary/aromatic N) is 3. The monoisotopic (exact) mass is 278 g/mol. The fourth-order valence-electron chi connectivity index (χ4n) is 0.883. The molecule has 0 saturated carbocycles. The minimum Gasteiger partial charge on any atom is -0.337 e. The first-order valence-electron chi connectivity index (χ1n) is 2.92. The number of hydrogen-bond donors (Lipinski definition) is 1. The van der Waals surface area contributed by atoms with Crippen LogP contribution < -0.4 is 5.32 Å². The highest BCUT2D eigenvalue weighted by Gasteiger charge is 2.27. The Balaban J connectivity index is 2.49. The Hall–Kier alpha value is -0.370. The molecule has 1 N–H and O–H groups in total. The van der Waals surface area contributed by atoms with Crippen LogP contribution in [0.3, 0.4) is 0 Å². The average molecular weight is 278 g/mol. The highest BCUT2D eigenvalue weighted by atomic mass is 127. The number of rotatable bonds is 0. The van der Waals surface area contributed by atoms with Gasteiger partial charge in [0.15, 0.2) is 6.17 Å². The lowest BCUT2D eigenvalue weighted by Crippen LogP contribution is -2.30. The van der Waals surface area contributed by atoms with Gasteiger partial charge in [0, 0.05) is 0 Å². The Bertz CT molecular complexity index is 306. The van der Waals surface area contributed by atoms with E-state index in [1.54, 1.807) is 6.34 Å². The van der Waals surface area contributed by atoms with Crippen LogP contribution in [0.1, 0.15) is 0 Å². The maximum absolute atomic E-state index is 5.04. The van der Waals surface area contributed by atoms with Crippen LogP contribution in [-0.2, 0) is 0 Å². The number of aliphatic imine (C=N–C) groups is 1. The molecule has 0 aromatic heterocycles. The molecule has 11 heavy (non-hydrogen) atoms. The predicted octanol–water partition coefficient (Wildman–Crippen LogP) is 1.38. The van der Waals surface area contributed by atoms with Gasteiger partial charge in [-0.25, -0.2) is 4.99 Å². The van der Waals surface area contributed by atoms with Gasteiger partial charge in [0.2, 0.25) is 0 Å². The van der Waals surface area contributed by atoms with Gasteiger partial charge in [0.05, 0.1) is 11.9 Å². The van der Waals surface area contributed by atoms with Crippen molar-refractivity contribution >= 4 is 46.1 Å². The minimum atomic E-state index is -0.185. The summed E-state index contributed by atoms with van der Waals surface area (Å²) in [5.41, 5.74) is 0.920. The van der Waals surface area contributed by atoms with Gasteiger partial charge in [0.25, 0.3) is 0 Å². The summed E-state index contributed by atoms with van der Waals surface area (Å²) in [7, 11) is 0. The third-order valence-corrected chi connectivity index (χ3v) is 2.53. The van der Waals surface area contributed by atoms with Gasteiger partial charge in [-0.05, 0) is 22.6 Å². The van der Waals surface area contributed by atoms with E-state index < -0.39 is 0 Å². The zero-order valence-electron chi connectivity index (χ0n) is 5.28. The van der Waals surface area contributed by atoms with E-state index in [1.165, 1.54) is 0 Å². The average Bonchev–Trinajstić information content (AvgIpc) is 2.34. The van der Waals surface area contributed by atoms with Gasteiger partial charge in [-0.1, -0.05) is 12.2 Å². The third-order valence-electron chi connectivity index (χ3n) is 1.39. The second-order valence-electron chi connectivity index (χ2n) is 2.05. The molecule has 2 aliphatic heterocycles. The second-order valence-corrected chi connectivity index (χ2v) is 3.48. The molecule has 6 heteroatoms. The topological polar surface area (TPSA) is 49.1 Å². The van der Waals surface area contributed by atoms with Gasteiger partial charge in [-0.3, -0.25) is 0 Å². The molecule has 2 heterocycles. The van der Waals surface area contributed by atoms with Crippen LogP contribution in [0.4, 0.5) is 0 Å². The number of nitrogens with one attached hydrogen (secondary N) is 1. The molecule has 4 nitrogen and oxygen atoms in total. The van der Waals surface area contributed by atoms with E-state index >= 15 is 0 Å². The second kappa shape index (κ2) is 2.59. The van der Waals surface area contributed by atoms with Crippen LogP contribution in [0.5, 0.6) is 0 Å². The fourth-order valence-corrected chi connectivity index (χ4v) is 1.99. The van der Waals surface area contributed by atoms with Crippen molar-refractivity contribution in [2.24, 2.45) is 15.2 Å². The largest absolute Gasteiger partial charge is 0.337 e. The van der Waals surface area contributed by atoms with Gasteiger partial charge in [-0.2, -0.15) is 5.11 Å². The summed E-state index contributed by atoms with van der Waals surface area (Å²) in [5, 5.41) is 10.6. The molecule has 2 rings (SSSR count). The van der Waals surface area contributed by atoms with E-state index in [0.717, 1.165) is 9.28 Å². The molecule has 0 saturated heterocycles. The molecular weight excluding hydrogens is 275 g/mol. The SMILES string of the molecule is S=C1NC=NC2N=NC(I)=C12. The highest BCUT2D eigenvalue weighted by molar-refractivity contribution is 14.1. The van der Waals surface area contributed by atoms with Gasteiger partial charge in [-0.15, -0.1) is 5.11 Å². The van der Waals surface area contributed by atoms with Crippen molar-refractivity contribution in [3.8, 4) is 0 Å². The summed E-state index contributed by atoms with van der Waals surface area (Å²) < 4.78 is 0.835. The van der Waals surface area contributed by atoms with Crippen LogP contribution in [-0.4, -0.2) is 17.5 Å². The number of azo groups is 1. The minimum absolute atomic E-state index is 0.185. The van der Waals surface area contributed by atoms with Gasteiger partial charge < -0.3 is 5.32 Å². The number of thiocarbonyl (C=S) groups is 1.